The maximum atomic E-state index is 12.2. The maximum Gasteiger partial charge on any atom is 0.228 e. The number of anilines is 1. The van der Waals surface area contributed by atoms with Gasteiger partial charge in [0.15, 0.2) is 17.3 Å². The van der Waals surface area contributed by atoms with Gasteiger partial charge in [0.2, 0.25) is 5.91 Å². The number of rotatable bonds is 4. The standard InChI is InChI=1S/C18H16N2O3/c1-11(21)14-4-3-5-15(10-14)20-18(22)9-13-6-7-16-17(8-13)23-12(2)19-16/h3-8,10H,9H2,1-2H3,(H,20,22). The zero-order valence-corrected chi connectivity index (χ0v) is 12.9. The van der Waals surface area contributed by atoms with Crippen LogP contribution in [0, 0.1) is 6.92 Å². The zero-order valence-electron chi connectivity index (χ0n) is 12.9. The molecule has 2 aromatic carbocycles. The Kier molecular flexibility index (Phi) is 3.93. The second-order valence-electron chi connectivity index (χ2n) is 5.40. The van der Waals surface area contributed by atoms with Crippen LogP contribution in [0.1, 0.15) is 28.7 Å². The summed E-state index contributed by atoms with van der Waals surface area (Å²) in [6.45, 7) is 3.28. The van der Waals surface area contributed by atoms with Crippen LogP contribution in [0.4, 0.5) is 5.69 Å². The topological polar surface area (TPSA) is 72.2 Å². The minimum absolute atomic E-state index is 0.0350. The summed E-state index contributed by atoms with van der Waals surface area (Å²) in [7, 11) is 0. The van der Waals surface area contributed by atoms with Gasteiger partial charge in [0.25, 0.3) is 0 Å². The van der Waals surface area contributed by atoms with Crippen molar-refractivity contribution in [2.45, 2.75) is 20.3 Å². The minimum Gasteiger partial charge on any atom is -0.441 e. The summed E-state index contributed by atoms with van der Waals surface area (Å²) in [6.07, 6.45) is 0.222. The van der Waals surface area contributed by atoms with Crippen molar-refractivity contribution in [1.82, 2.24) is 4.98 Å². The first-order valence-corrected chi connectivity index (χ1v) is 7.28. The predicted molar refractivity (Wildman–Crippen MR) is 87.5 cm³/mol. The molecule has 5 heteroatoms. The van der Waals surface area contributed by atoms with Gasteiger partial charge < -0.3 is 9.73 Å². The van der Waals surface area contributed by atoms with Gasteiger partial charge >= 0.3 is 0 Å². The molecule has 1 amide bonds. The summed E-state index contributed by atoms with van der Waals surface area (Å²) in [5, 5.41) is 2.80. The van der Waals surface area contributed by atoms with E-state index in [1.54, 1.807) is 31.2 Å². The Balaban J connectivity index is 1.73. The number of oxazole rings is 1. The molecule has 1 heterocycles. The average Bonchev–Trinajstić information content (AvgIpc) is 2.86. The average molecular weight is 308 g/mol. The molecule has 0 aliphatic carbocycles. The van der Waals surface area contributed by atoms with Crippen LogP contribution in [0.25, 0.3) is 11.1 Å². The normalized spacial score (nSPS) is 10.7. The molecule has 0 fully saturated rings. The van der Waals surface area contributed by atoms with Crippen LogP contribution < -0.4 is 5.32 Å². The summed E-state index contributed by atoms with van der Waals surface area (Å²) in [5.74, 6) is 0.413. The molecular weight excluding hydrogens is 292 g/mol. The van der Waals surface area contributed by atoms with E-state index < -0.39 is 0 Å². The Hall–Kier alpha value is -2.95. The number of carbonyl (C=O) groups excluding carboxylic acids is 2. The lowest BCUT2D eigenvalue weighted by atomic mass is 10.1. The molecule has 0 radical (unpaired) electrons. The van der Waals surface area contributed by atoms with Crippen LogP contribution >= 0.6 is 0 Å². The number of ketones is 1. The lowest BCUT2D eigenvalue weighted by molar-refractivity contribution is -0.115. The third kappa shape index (κ3) is 3.45. The summed E-state index contributed by atoms with van der Waals surface area (Å²) in [5.41, 5.74) is 3.47. The number of nitrogens with zero attached hydrogens (tertiary/aromatic N) is 1. The SMILES string of the molecule is CC(=O)c1cccc(NC(=O)Cc2ccc3nc(C)oc3c2)c1. The molecule has 0 aliphatic heterocycles. The van der Waals surface area contributed by atoms with E-state index in [1.807, 2.05) is 18.2 Å². The van der Waals surface area contributed by atoms with Crippen LogP contribution in [0.2, 0.25) is 0 Å². The van der Waals surface area contributed by atoms with Crippen molar-refractivity contribution in [2.24, 2.45) is 0 Å². The lowest BCUT2D eigenvalue weighted by Crippen LogP contribution is -2.14. The van der Waals surface area contributed by atoms with E-state index in [0.717, 1.165) is 11.1 Å². The number of Topliss-reactive ketones (excluding diaryl/α,β-unsaturated/α-hetero) is 1. The number of hydrogen-bond acceptors (Lipinski definition) is 4. The number of fused-ring (bicyclic) bond motifs is 1. The molecule has 3 rings (SSSR count). The molecule has 0 saturated carbocycles. The summed E-state index contributed by atoms with van der Waals surface area (Å²) >= 11 is 0. The molecule has 0 aliphatic rings. The Labute approximate surface area is 133 Å². The number of nitrogens with one attached hydrogen (secondary N) is 1. The highest BCUT2D eigenvalue weighted by atomic mass is 16.3. The molecular formula is C18H16N2O3. The van der Waals surface area contributed by atoms with Crippen molar-refractivity contribution in [3.8, 4) is 0 Å². The van der Waals surface area contributed by atoms with Crippen LogP contribution in [-0.4, -0.2) is 16.7 Å². The molecule has 0 atom stereocenters. The third-order valence-corrected chi connectivity index (χ3v) is 3.48. The van der Waals surface area contributed by atoms with Gasteiger partial charge in [0, 0.05) is 18.2 Å². The van der Waals surface area contributed by atoms with Gasteiger partial charge in [0.1, 0.15) is 5.52 Å². The molecule has 0 saturated heterocycles. The van der Waals surface area contributed by atoms with E-state index in [9.17, 15) is 9.59 Å². The van der Waals surface area contributed by atoms with Crippen LogP contribution in [0.15, 0.2) is 46.9 Å². The summed E-state index contributed by atoms with van der Waals surface area (Å²) in [4.78, 5) is 27.8. The van der Waals surface area contributed by atoms with Crippen molar-refractivity contribution in [1.29, 1.82) is 0 Å². The van der Waals surface area contributed by atoms with Gasteiger partial charge in [-0.1, -0.05) is 18.2 Å². The van der Waals surface area contributed by atoms with E-state index in [4.69, 9.17) is 4.42 Å². The summed E-state index contributed by atoms with van der Waals surface area (Å²) < 4.78 is 5.47. The molecule has 1 N–H and O–H groups in total. The fourth-order valence-corrected chi connectivity index (χ4v) is 2.40. The number of amides is 1. The monoisotopic (exact) mass is 308 g/mol. The second kappa shape index (κ2) is 6.04. The van der Waals surface area contributed by atoms with Gasteiger partial charge in [-0.3, -0.25) is 9.59 Å². The molecule has 1 aromatic heterocycles. The summed E-state index contributed by atoms with van der Waals surface area (Å²) in [6, 6.07) is 12.4. The van der Waals surface area contributed by atoms with E-state index in [-0.39, 0.29) is 18.1 Å². The smallest absolute Gasteiger partial charge is 0.228 e. The molecule has 0 spiro atoms. The fourth-order valence-electron chi connectivity index (χ4n) is 2.40. The van der Waals surface area contributed by atoms with Crippen LogP contribution in [0.3, 0.4) is 0 Å². The fraction of sp³-hybridized carbons (Fsp3) is 0.167. The number of benzene rings is 2. The molecule has 3 aromatic rings. The van der Waals surface area contributed by atoms with Gasteiger partial charge in [-0.2, -0.15) is 0 Å². The lowest BCUT2D eigenvalue weighted by Gasteiger charge is -2.06. The number of aromatic nitrogens is 1. The molecule has 23 heavy (non-hydrogen) atoms. The van der Waals surface area contributed by atoms with E-state index >= 15 is 0 Å². The highest BCUT2D eigenvalue weighted by molar-refractivity contribution is 5.97. The Morgan fingerprint density at radius 1 is 1.17 bits per heavy atom. The number of hydrogen-bond donors (Lipinski definition) is 1. The van der Waals surface area contributed by atoms with Crippen molar-refractivity contribution in [3.05, 3.63) is 59.5 Å². The first-order valence-electron chi connectivity index (χ1n) is 7.28. The highest BCUT2D eigenvalue weighted by Crippen LogP contribution is 2.18. The maximum absolute atomic E-state index is 12.2. The van der Waals surface area contributed by atoms with Crippen molar-refractivity contribution < 1.29 is 14.0 Å². The Bertz CT molecular complexity index is 896. The number of carbonyl (C=O) groups is 2. The Morgan fingerprint density at radius 3 is 2.78 bits per heavy atom. The quantitative estimate of drug-likeness (QED) is 0.748. The minimum atomic E-state index is -0.152. The van der Waals surface area contributed by atoms with Crippen LogP contribution in [0.5, 0.6) is 0 Å². The van der Waals surface area contributed by atoms with Crippen molar-refractivity contribution in [3.63, 3.8) is 0 Å². The van der Waals surface area contributed by atoms with Gasteiger partial charge in [-0.15, -0.1) is 0 Å². The first-order chi connectivity index (χ1) is 11.0. The van der Waals surface area contributed by atoms with Gasteiger partial charge in [0.05, 0.1) is 6.42 Å². The number of aryl methyl sites for hydroxylation is 1. The van der Waals surface area contributed by atoms with Crippen molar-refractivity contribution >= 4 is 28.5 Å². The molecule has 0 unspecified atom stereocenters. The molecule has 0 bridgehead atoms. The van der Waals surface area contributed by atoms with Crippen LogP contribution in [-0.2, 0) is 11.2 Å². The van der Waals surface area contributed by atoms with E-state index in [0.29, 0.717) is 22.7 Å². The second-order valence-corrected chi connectivity index (χ2v) is 5.40. The van der Waals surface area contributed by atoms with E-state index in [1.165, 1.54) is 6.92 Å². The predicted octanol–water partition coefficient (Wildman–Crippen LogP) is 3.52. The highest BCUT2D eigenvalue weighted by Gasteiger charge is 2.08. The molecule has 116 valence electrons. The Morgan fingerprint density at radius 2 is 2.00 bits per heavy atom. The van der Waals surface area contributed by atoms with E-state index in [2.05, 4.69) is 10.3 Å². The van der Waals surface area contributed by atoms with Crippen molar-refractivity contribution in [2.75, 3.05) is 5.32 Å². The third-order valence-electron chi connectivity index (χ3n) is 3.48. The largest absolute Gasteiger partial charge is 0.441 e. The first kappa shape index (κ1) is 15.0. The van der Waals surface area contributed by atoms with Gasteiger partial charge in [-0.05, 0) is 36.8 Å². The van der Waals surface area contributed by atoms with Gasteiger partial charge in [-0.25, -0.2) is 4.98 Å². The zero-order chi connectivity index (χ0) is 16.4. The molecule has 5 nitrogen and oxygen atoms in total.